The van der Waals surface area contributed by atoms with E-state index in [0.717, 1.165) is 34.2 Å². The molecule has 172 valence electrons. The predicted octanol–water partition coefficient (Wildman–Crippen LogP) is 6.60. The fourth-order valence-electron chi connectivity index (χ4n) is 3.08. The lowest BCUT2D eigenvalue weighted by atomic mass is 10.2. The quantitative estimate of drug-likeness (QED) is 0.265. The number of nitrogens with one attached hydrogen (secondary N) is 1. The SMILES string of the molecule is Cc1nc(C#Cc2cccc(Cl)c2)c[nH]1.Cc1nc(C#Cc2cccc(Cl)c2)cn1-c1ccoc1. The number of benzene rings is 2. The second-order valence-electron chi connectivity index (χ2n) is 7.42. The number of rotatable bonds is 1. The molecule has 0 bridgehead atoms. The van der Waals surface area contributed by atoms with Crippen molar-refractivity contribution >= 4 is 23.2 Å². The standard InChI is InChI=1S/C16H11ClN2O.C12H9ClN2/c1-12-18-15(10-19(12)16-7-8-20-11-16)6-5-13-3-2-4-14(17)9-13;1-9-14-8-12(15-9)6-5-10-3-2-4-11(13)7-10/h2-4,7-11H,1H3;2-4,7-8H,1H3,(H,14,15). The van der Waals surface area contributed by atoms with E-state index in [4.69, 9.17) is 27.6 Å². The van der Waals surface area contributed by atoms with E-state index in [1.807, 2.05) is 79.2 Å². The molecular formula is C28H20Cl2N4O. The van der Waals surface area contributed by atoms with Crippen LogP contribution in [0.15, 0.2) is 83.9 Å². The zero-order valence-corrected chi connectivity index (χ0v) is 20.5. The van der Waals surface area contributed by atoms with Gasteiger partial charge in [-0.2, -0.15) is 0 Å². The van der Waals surface area contributed by atoms with E-state index in [0.29, 0.717) is 15.7 Å². The summed E-state index contributed by atoms with van der Waals surface area (Å²) in [6.45, 7) is 3.82. The highest BCUT2D eigenvalue weighted by Gasteiger charge is 2.05. The van der Waals surface area contributed by atoms with E-state index >= 15 is 0 Å². The Bertz CT molecular complexity index is 1560. The van der Waals surface area contributed by atoms with Crippen LogP contribution in [0.25, 0.3) is 5.69 Å². The number of H-pyrrole nitrogens is 1. The maximum absolute atomic E-state index is 5.93. The molecule has 7 heteroatoms. The molecule has 0 amide bonds. The summed E-state index contributed by atoms with van der Waals surface area (Å²) in [6.07, 6.45) is 6.97. The van der Waals surface area contributed by atoms with E-state index in [1.165, 1.54) is 0 Å². The van der Waals surface area contributed by atoms with Crippen LogP contribution in [0.1, 0.15) is 34.2 Å². The molecule has 0 unspecified atom stereocenters. The van der Waals surface area contributed by atoms with E-state index in [1.54, 1.807) is 18.7 Å². The van der Waals surface area contributed by atoms with Crippen LogP contribution in [-0.4, -0.2) is 19.5 Å². The summed E-state index contributed by atoms with van der Waals surface area (Å²) in [4.78, 5) is 11.6. The predicted molar refractivity (Wildman–Crippen MR) is 139 cm³/mol. The van der Waals surface area contributed by atoms with E-state index in [2.05, 4.69) is 38.6 Å². The van der Waals surface area contributed by atoms with Gasteiger partial charge < -0.3 is 9.40 Å². The molecule has 0 aliphatic heterocycles. The number of halogens is 2. The smallest absolute Gasteiger partial charge is 0.132 e. The van der Waals surface area contributed by atoms with Crippen molar-refractivity contribution in [2.24, 2.45) is 0 Å². The average molecular weight is 499 g/mol. The Morgan fingerprint density at radius 2 is 1.49 bits per heavy atom. The third-order valence-corrected chi connectivity index (χ3v) is 5.16. The van der Waals surface area contributed by atoms with Gasteiger partial charge in [-0.1, -0.05) is 47.2 Å². The van der Waals surface area contributed by atoms with E-state index < -0.39 is 0 Å². The molecule has 3 heterocycles. The Kier molecular flexibility index (Phi) is 7.75. The molecule has 0 spiro atoms. The molecule has 5 nitrogen and oxygen atoms in total. The van der Waals surface area contributed by atoms with Crippen LogP contribution in [0.4, 0.5) is 0 Å². The van der Waals surface area contributed by atoms with Crippen LogP contribution in [-0.2, 0) is 0 Å². The first kappa shape index (κ1) is 24.0. The molecule has 3 aromatic heterocycles. The number of aryl methyl sites for hydroxylation is 2. The Hall–Kier alpha value is -4.16. The van der Waals surface area contributed by atoms with Gasteiger partial charge in [0, 0.05) is 39.6 Å². The van der Waals surface area contributed by atoms with Crippen LogP contribution in [0, 0.1) is 37.5 Å². The van der Waals surface area contributed by atoms with Gasteiger partial charge in [-0.25, -0.2) is 9.97 Å². The second kappa shape index (κ2) is 11.3. The molecule has 0 radical (unpaired) electrons. The summed E-state index contributed by atoms with van der Waals surface area (Å²) in [5.74, 6) is 13.8. The summed E-state index contributed by atoms with van der Waals surface area (Å²) >= 11 is 11.8. The highest BCUT2D eigenvalue weighted by atomic mass is 35.5. The minimum Gasteiger partial charge on any atom is -0.470 e. The molecule has 0 fully saturated rings. The second-order valence-corrected chi connectivity index (χ2v) is 8.29. The number of nitrogens with zero attached hydrogens (tertiary/aromatic N) is 3. The van der Waals surface area contributed by atoms with Gasteiger partial charge in [0.25, 0.3) is 0 Å². The number of aromatic nitrogens is 4. The summed E-state index contributed by atoms with van der Waals surface area (Å²) in [5.41, 5.74) is 4.15. The first-order valence-electron chi connectivity index (χ1n) is 10.6. The minimum absolute atomic E-state index is 0.678. The normalized spacial score (nSPS) is 9.83. The number of aromatic amines is 1. The highest BCUT2D eigenvalue weighted by Crippen LogP contribution is 2.13. The Balaban J connectivity index is 0.000000172. The molecule has 5 aromatic rings. The molecule has 1 N–H and O–H groups in total. The Labute approximate surface area is 213 Å². The van der Waals surface area contributed by atoms with Crippen molar-refractivity contribution in [2.75, 3.05) is 0 Å². The first-order valence-corrected chi connectivity index (χ1v) is 11.4. The molecule has 35 heavy (non-hydrogen) atoms. The van der Waals surface area contributed by atoms with Gasteiger partial charge in [-0.05, 0) is 62.1 Å². The Morgan fingerprint density at radius 3 is 2.03 bits per heavy atom. The largest absolute Gasteiger partial charge is 0.470 e. The summed E-state index contributed by atoms with van der Waals surface area (Å²) in [6, 6.07) is 16.8. The summed E-state index contributed by atoms with van der Waals surface area (Å²) in [7, 11) is 0. The molecule has 0 atom stereocenters. The fourth-order valence-corrected chi connectivity index (χ4v) is 3.46. The van der Waals surface area contributed by atoms with Crippen LogP contribution < -0.4 is 0 Å². The van der Waals surface area contributed by atoms with Gasteiger partial charge in [-0.15, -0.1) is 0 Å². The van der Waals surface area contributed by atoms with Crippen molar-refractivity contribution < 1.29 is 4.42 Å². The molecule has 5 rings (SSSR count). The lowest BCUT2D eigenvalue weighted by Crippen LogP contribution is -1.92. The van der Waals surface area contributed by atoms with Gasteiger partial charge in [0.05, 0.1) is 12.0 Å². The highest BCUT2D eigenvalue weighted by molar-refractivity contribution is 6.30. The van der Waals surface area contributed by atoms with Gasteiger partial charge in [-0.3, -0.25) is 4.57 Å². The number of hydrogen-bond donors (Lipinski definition) is 1. The number of furan rings is 1. The van der Waals surface area contributed by atoms with Gasteiger partial charge in [0.2, 0.25) is 0 Å². The molecule has 0 aliphatic carbocycles. The monoisotopic (exact) mass is 498 g/mol. The van der Waals surface area contributed by atoms with Crippen molar-refractivity contribution in [3.8, 4) is 29.4 Å². The zero-order chi connectivity index (χ0) is 24.6. The van der Waals surface area contributed by atoms with Crippen LogP contribution >= 0.6 is 23.2 Å². The minimum atomic E-state index is 0.678. The Morgan fingerprint density at radius 1 is 0.829 bits per heavy atom. The van der Waals surface area contributed by atoms with Crippen LogP contribution in [0.3, 0.4) is 0 Å². The molecular weight excluding hydrogens is 479 g/mol. The molecule has 0 aliphatic rings. The molecule has 2 aromatic carbocycles. The van der Waals surface area contributed by atoms with Crippen molar-refractivity contribution in [3.63, 3.8) is 0 Å². The zero-order valence-electron chi connectivity index (χ0n) is 19.0. The average Bonchev–Trinajstić information content (AvgIpc) is 3.58. The maximum Gasteiger partial charge on any atom is 0.132 e. The van der Waals surface area contributed by atoms with Crippen molar-refractivity contribution in [2.45, 2.75) is 13.8 Å². The number of imidazole rings is 2. The lowest BCUT2D eigenvalue weighted by Gasteiger charge is -1.97. The van der Waals surface area contributed by atoms with Gasteiger partial charge in [0.15, 0.2) is 0 Å². The van der Waals surface area contributed by atoms with Crippen molar-refractivity contribution in [1.82, 2.24) is 19.5 Å². The third kappa shape index (κ3) is 6.91. The summed E-state index contributed by atoms with van der Waals surface area (Å²) < 4.78 is 7.01. The lowest BCUT2D eigenvalue weighted by molar-refractivity contribution is 0.565. The fraction of sp³-hybridized carbons (Fsp3) is 0.0714. The van der Waals surface area contributed by atoms with Gasteiger partial charge >= 0.3 is 0 Å². The van der Waals surface area contributed by atoms with Gasteiger partial charge in [0.1, 0.15) is 29.3 Å². The van der Waals surface area contributed by atoms with Crippen molar-refractivity contribution in [3.05, 3.63) is 124 Å². The van der Waals surface area contributed by atoms with Crippen molar-refractivity contribution in [1.29, 1.82) is 0 Å². The van der Waals surface area contributed by atoms with Crippen LogP contribution in [0.5, 0.6) is 0 Å². The molecule has 0 saturated carbocycles. The summed E-state index contributed by atoms with van der Waals surface area (Å²) in [5, 5.41) is 1.37. The number of hydrogen-bond acceptors (Lipinski definition) is 3. The van der Waals surface area contributed by atoms with Crippen LogP contribution in [0.2, 0.25) is 10.0 Å². The van der Waals surface area contributed by atoms with E-state index in [-0.39, 0.29) is 0 Å². The third-order valence-electron chi connectivity index (χ3n) is 4.69. The topological polar surface area (TPSA) is 59.6 Å². The molecule has 0 saturated heterocycles. The first-order chi connectivity index (χ1) is 17.0. The maximum atomic E-state index is 5.93. The van der Waals surface area contributed by atoms with E-state index in [9.17, 15) is 0 Å².